The van der Waals surface area contributed by atoms with E-state index in [9.17, 15) is 9.18 Å². The first kappa shape index (κ1) is 17.6. The molecule has 1 N–H and O–H groups in total. The van der Waals surface area contributed by atoms with E-state index in [0.29, 0.717) is 36.6 Å². The summed E-state index contributed by atoms with van der Waals surface area (Å²) >= 11 is 0. The highest BCUT2D eigenvalue weighted by atomic mass is 19.1. The first-order valence-electron chi connectivity index (χ1n) is 8.73. The van der Waals surface area contributed by atoms with Gasteiger partial charge in [0.05, 0.1) is 18.7 Å². The van der Waals surface area contributed by atoms with Crippen LogP contribution in [0.15, 0.2) is 34.9 Å². The van der Waals surface area contributed by atoms with E-state index in [1.165, 1.54) is 6.07 Å². The quantitative estimate of drug-likeness (QED) is 0.798. The summed E-state index contributed by atoms with van der Waals surface area (Å²) in [5, 5.41) is 6.86. The third-order valence-corrected chi connectivity index (χ3v) is 4.39. The van der Waals surface area contributed by atoms with Crippen molar-refractivity contribution in [2.24, 2.45) is 5.92 Å². The summed E-state index contributed by atoms with van der Waals surface area (Å²) in [6.07, 6.45) is 3.29. The summed E-state index contributed by atoms with van der Waals surface area (Å²) in [5.41, 5.74) is 1.33. The second-order valence-electron chi connectivity index (χ2n) is 6.44. The van der Waals surface area contributed by atoms with Crippen LogP contribution in [0.3, 0.4) is 0 Å². The zero-order chi connectivity index (χ0) is 17.5. The molecule has 1 aromatic heterocycles. The first-order chi connectivity index (χ1) is 12.2. The van der Waals surface area contributed by atoms with Gasteiger partial charge in [-0.05, 0) is 30.9 Å². The molecule has 5 nitrogen and oxygen atoms in total. The first-order valence-corrected chi connectivity index (χ1v) is 8.73. The normalized spacial score (nSPS) is 16.9. The Morgan fingerprint density at radius 3 is 3.00 bits per heavy atom. The van der Waals surface area contributed by atoms with E-state index >= 15 is 0 Å². The van der Waals surface area contributed by atoms with Crippen LogP contribution in [0.4, 0.5) is 4.39 Å². The van der Waals surface area contributed by atoms with Gasteiger partial charge in [-0.1, -0.05) is 23.4 Å². The molecular weight excluding hydrogens is 323 g/mol. The van der Waals surface area contributed by atoms with Crippen LogP contribution in [0.25, 0.3) is 0 Å². The molecule has 1 unspecified atom stereocenters. The molecule has 25 heavy (non-hydrogen) atoms. The Kier molecular flexibility index (Phi) is 6.17. The van der Waals surface area contributed by atoms with Crippen molar-refractivity contribution in [3.63, 3.8) is 0 Å². The molecule has 0 aliphatic carbocycles. The SMILES string of the molecule is O=C(Cc1cc(CCCc2ccccc2F)on1)NCC1CCOC1. The number of hydrogen-bond donors (Lipinski definition) is 1. The molecule has 0 spiro atoms. The van der Waals surface area contributed by atoms with Crippen LogP contribution in [-0.2, 0) is 28.8 Å². The Morgan fingerprint density at radius 1 is 1.32 bits per heavy atom. The number of hydrogen-bond acceptors (Lipinski definition) is 4. The van der Waals surface area contributed by atoms with Crippen LogP contribution in [-0.4, -0.2) is 30.8 Å². The molecule has 1 fully saturated rings. The average Bonchev–Trinajstić information content (AvgIpc) is 3.27. The van der Waals surface area contributed by atoms with Gasteiger partial charge in [0.1, 0.15) is 11.6 Å². The predicted molar refractivity (Wildman–Crippen MR) is 90.6 cm³/mol. The van der Waals surface area contributed by atoms with Crippen LogP contribution < -0.4 is 5.32 Å². The smallest absolute Gasteiger partial charge is 0.226 e. The molecule has 2 heterocycles. The molecule has 1 aromatic carbocycles. The topological polar surface area (TPSA) is 64.4 Å². The molecule has 3 rings (SSSR count). The Hall–Kier alpha value is -2.21. The van der Waals surface area contributed by atoms with Crippen molar-refractivity contribution in [3.8, 4) is 0 Å². The van der Waals surface area contributed by atoms with E-state index in [4.69, 9.17) is 9.26 Å². The van der Waals surface area contributed by atoms with E-state index in [-0.39, 0.29) is 18.1 Å². The monoisotopic (exact) mass is 346 g/mol. The molecule has 1 aliphatic heterocycles. The van der Waals surface area contributed by atoms with Crippen molar-refractivity contribution in [2.75, 3.05) is 19.8 Å². The van der Waals surface area contributed by atoms with Crippen molar-refractivity contribution in [1.82, 2.24) is 10.5 Å². The molecular formula is C19H23FN2O3. The lowest BCUT2D eigenvalue weighted by molar-refractivity contribution is -0.120. The van der Waals surface area contributed by atoms with Crippen LogP contribution >= 0.6 is 0 Å². The molecule has 134 valence electrons. The second kappa shape index (κ2) is 8.76. The summed E-state index contributed by atoms with van der Waals surface area (Å²) in [4.78, 5) is 11.9. The van der Waals surface area contributed by atoms with E-state index in [0.717, 1.165) is 31.8 Å². The van der Waals surface area contributed by atoms with Gasteiger partial charge in [0, 0.05) is 31.6 Å². The fourth-order valence-electron chi connectivity index (χ4n) is 2.94. The zero-order valence-corrected chi connectivity index (χ0v) is 14.2. The fourth-order valence-corrected chi connectivity index (χ4v) is 2.94. The van der Waals surface area contributed by atoms with Gasteiger partial charge >= 0.3 is 0 Å². The minimum absolute atomic E-state index is 0.0573. The predicted octanol–water partition coefficient (Wildman–Crippen LogP) is 2.68. The molecule has 6 heteroatoms. The minimum atomic E-state index is -0.176. The highest BCUT2D eigenvalue weighted by Crippen LogP contribution is 2.13. The van der Waals surface area contributed by atoms with Gasteiger partial charge in [-0.25, -0.2) is 4.39 Å². The Morgan fingerprint density at radius 2 is 2.20 bits per heavy atom. The van der Waals surface area contributed by atoms with Crippen molar-refractivity contribution in [2.45, 2.75) is 32.1 Å². The lowest BCUT2D eigenvalue weighted by atomic mass is 10.1. The Bertz CT molecular complexity index is 695. The minimum Gasteiger partial charge on any atom is -0.381 e. The van der Waals surface area contributed by atoms with Crippen molar-refractivity contribution in [1.29, 1.82) is 0 Å². The van der Waals surface area contributed by atoms with Crippen LogP contribution in [0.5, 0.6) is 0 Å². The number of aryl methyl sites for hydroxylation is 2. The summed E-state index contributed by atoms with van der Waals surface area (Å²) in [5.74, 6) is 0.904. The Balaban J connectivity index is 1.39. The van der Waals surface area contributed by atoms with Gasteiger partial charge < -0.3 is 14.6 Å². The molecule has 0 bridgehead atoms. The average molecular weight is 346 g/mol. The van der Waals surface area contributed by atoms with Gasteiger partial charge in [0.15, 0.2) is 0 Å². The van der Waals surface area contributed by atoms with Crippen LogP contribution in [0.2, 0.25) is 0 Å². The summed E-state index contributed by atoms with van der Waals surface area (Å²) in [6, 6.07) is 8.59. The molecule has 0 radical (unpaired) electrons. The van der Waals surface area contributed by atoms with E-state index < -0.39 is 0 Å². The van der Waals surface area contributed by atoms with E-state index in [1.54, 1.807) is 18.2 Å². The third-order valence-electron chi connectivity index (χ3n) is 4.39. The molecule has 0 saturated carbocycles. The fraction of sp³-hybridized carbons (Fsp3) is 0.474. The number of carbonyl (C=O) groups is 1. The second-order valence-corrected chi connectivity index (χ2v) is 6.44. The van der Waals surface area contributed by atoms with E-state index in [2.05, 4.69) is 10.5 Å². The Labute approximate surface area is 146 Å². The molecule has 1 atom stereocenters. The molecule has 1 saturated heterocycles. The van der Waals surface area contributed by atoms with Crippen molar-refractivity contribution < 1.29 is 18.4 Å². The number of ether oxygens (including phenoxy) is 1. The van der Waals surface area contributed by atoms with Crippen molar-refractivity contribution >= 4 is 5.91 Å². The molecule has 2 aromatic rings. The summed E-state index contributed by atoms with van der Waals surface area (Å²) in [6.45, 7) is 2.14. The standard InChI is InChI=1S/C19H23FN2O3/c20-18-7-2-1-4-15(18)5-3-6-17-10-16(22-25-17)11-19(23)21-12-14-8-9-24-13-14/h1-2,4,7,10,14H,3,5-6,8-9,11-13H2,(H,21,23). The van der Waals surface area contributed by atoms with Crippen molar-refractivity contribution in [3.05, 3.63) is 53.2 Å². The maximum Gasteiger partial charge on any atom is 0.226 e. The lowest BCUT2D eigenvalue weighted by Crippen LogP contribution is -2.30. The summed E-state index contributed by atoms with van der Waals surface area (Å²) in [7, 11) is 0. The zero-order valence-electron chi connectivity index (χ0n) is 14.2. The largest absolute Gasteiger partial charge is 0.381 e. The van der Waals surface area contributed by atoms with Gasteiger partial charge in [0.2, 0.25) is 5.91 Å². The number of rotatable bonds is 8. The van der Waals surface area contributed by atoms with Gasteiger partial charge in [-0.15, -0.1) is 0 Å². The number of benzene rings is 1. The maximum atomic E-state index is 13.6. The number of aromatic nitrogens is 1. The third kappa shape index (κ3) is 5.39. The maximum absolute atomic E-state index is 13.6. The number of carbonyl (C=O) groups excluding carboxylic acids is 1. The summed E-state index contributed by atoms with van der Waals surface area (Å²) < 4.78 is 24.1. The number of amides is 1. The highest BCUT2D eigenvalue weighted by molar-refractivity contribution is 5.78. The van der Waals surface area contributed by atoms with Gasteiger partial charge in [-0.3, -0.25) is 4.79 Å². The lowest BCUT2D eigenvalue weighted by Gasteiger charge is -2.08. The molecule has 1 amide bonds. The number of nitrogens with zero attached hydrogens (tertiary/aromatic N) is 1. The number of nitrogens with one attached hydrogen (secondary N) is 1. The van der Waals surface area contributed by atoms with E-state index in [1.807, 2.05) is 6.07 Å². The van der Waals surface area contributed by atoms with Gasteiger partial charge in [-0.2, -0.15) is 0 Å². The van der Waals surface area contributed by atoms with Crippen LogP contribution in [0.1, 0.15) is 29.9 Å². The number of halogens is 1. The van der Waals surface area contributed by atoms with Gasteiger partial charge in [0.25, 0.3) is 0 Å². The van der Waals surface area contributed by atoms with Crippen LogP contribution in [0, 0.1) is 11.7 Å². The molecule has 1 aliphatic rings. The highest BCUT2D eigenvalue weighted by Gasteiger charge is 2.17.